The average molecular weight is 1060 g/mol. The van der Waals surface area contributed by atoms with Gasteiger partial charge in [0.1, 0.15) is 11.9 Å². The van der Waals surface area contributed by atoms with E-state index in [1.165, 1.54) is 41.5 Å². The highest BCUT2D eigenvalue weighted by Crippen LogP contribution is 2.80. The van der Waals surface area contributed by atoms with Crippen molar-refractivity contribution >= 4 is 22.6 Å². The highest BCUT2D eigenvalue weighted by Gasteiger charge is 2.77. The fourth-order valence-electron chi connectivity index (χ4n) is 20.3. The molecule has 0 bridgehead atoms. The standard InChI is InChI=1S/C65H94N4O8/c1-58(2)57(77-58)48(72)31-59(3)17-14-40-35-68-53-42(27-38-26-41(45-13-11-10-12-39(45)34-67-9)29-43(28-38)65(75)21-24-76-25-22-65)36-69(54(40)53)37-46-51-52(59)47(71)32-62(51,6)61(5)18-16-49-60(4,20-23-66-8)50(73)33-64(19-15-44(70)30-64)63(49,7)56(61)55(46)74/h26,28-29,35-36,39,44-46,48-49,55-57,66-68,70,72,74-75H,10-25,27,30-34,37H2,1-9H3. The van der Waals surface area contributed by atoms with Crippen LogP contribution in [-0.2, 0) is 44.1 Å². The van der Waals surface area contributed by atoms with Gasteiger partial charge >= 0.3 is 0 Å². The zero-order chi connectivity index (χ0) is 54.5. The summed E-state index contributed by atoms with van der Waals surface area (Å²) in [5, 5.41) is 57.4. The van der Waals surface area contributed by atoms with E-state index in [1.54, 1.807) is 0 Å². The van der Waals surface area contributed by atoms with Crippen molar-refractivity contribution in [1.29, 1.82) is 0 Å². The van der Waals surface area contributed by atoms with E-state index >= 15 is 4.79 Å². The quantitative estimate of drug-likeness (QED) is 0.0864. The van der Waals surface area contributed by atoms with Gasteiger partial charge in [-0.3, -0.25) is 9.59 Å². The molecule has 12 rings (SSSR count). The van der Waals surface area contributed by atoms with Crippen molar-refractivity contribution in [2.75, 3.05) is 40.4 Å². The lowest BCUT2D eigenvalue weighted by Gasteiger charge is -2.74. The number of ketones is 2. The zero-order valence-electron chi connectivity index (χ0n) is 48.2. The number of hydrogen-bond donors (Lipinski definition) is 7. The third kappa shape index (κ3) is 8.13. The highest BCUT2D eigenvalue weighted by atomic mass is 16.6. The van der Waals surface area contributed by atoms with Crippen molar-refractivity contribution in [1.82, 2.24) is 20.2 Å². The normalized spacial score (nSPS) is 41.6. The minimum atomic E-state index is -0.962. The number of H-pyrrole nitrogens is 1. The summed E-state index contributed by atoms with van der Waals surface area (Å²) in [6, 6.07) is 7.02. The summed E-state index contributed by atoms with van der Waals surface area (Å²) in [6.07, 6.45) is 15.3. The second kappa shape index (κ2) is 18.9. The van der Waals surface area contributed by atoms with Gasteiger partial charge in [0, 0.05) is 86.6 Å². The molecule has 0 amide bonds. The average Bonchev–Trinajstić information content (AvgIpc) is 3.60. The smallest absolute Gasteiger partial charge is 0.160 e. The number of benzene rings is 1. The molecule has 5 saturated carbocycles. The van der Waals surface area contributed by atoms with Crippen LogP contribution in [0.4, 0.5) is 0 Å². The van der Waals surface area contributed by atoms with E-state index in [9.17, 15) is 25.2 Å². The number of aliphatic hydroxyl groups excluding tert-OH is 3. The largest absolute Gasteiger partial charge is 0.393 e. The van der Waals surface area contributed by atoms with Crippen LogP contribution in [0.3, 0.4) is 0 Å². The van der Waals surface area contributed by atoms with Gasteiger partial charge < -0.3 is 50.1 Å². The molecular weight excluding hydrogens is 965 g/mol. The number of Topliss-reactive ketones (excluding diaryl/α,β-unsaturated/α-hetero) is 2. The van der Waals surface area contributed by atoms with Crippen LogP contribution in [0.1, 0.15) is 185 Å². The number of aliphatic hydroxyl groups is 4. The van der Waals surface area contributed by atoms with Crippen molar-refractivity contribution in [3.05, 3.63) is 69.6 Å². The van der Waals surface area contributed by atoms with Crippen LogP contribution in [-0.4, -0.2) is 112 Å². The molecule has 15 unspecified atom stereocenters. The van der Waals surface area contributed by atoms with E-state index < -0.39 is 67.9 Å². The van der Waals surface area contributed by atoms with Crippen LogP contribution in [0.2, 0.25) is 0 Å². The molecule has 77 heavy (non-hydrogen) atoms. The molecule has 0 radical (unpaired) electrons. The maximum absolute atomic E-state index is 15.8. The molecule has 7 fully saturated rings. The van der Waals surface area contributed by atoms with Crippen LogP contribution in [0, 0.1) is 56.2 Å². The Morgan fingerprint density at radius 2 is 1.64 bits per heavy atom. The number of fused-ring (bicyclic) bond motifs is 5. The molecule has 12 nitrogen and oxygen atoms in total. The van der Waals surface area contributed by atoms with Gasteiger partial charge in [-0.25, -0.2) is 0 Å². The topological polar surface area (TPSA) is 182 Å². The maximum Gasteiger partial charge on any atom is 0.160 e. The van der Waals surface area contributed by atoms with Gasteiger partial charge in [0.15, 0.2) is 5.78 Å². The molecule has 3 aromatic rings. The number of ether oxygens (including phenoxy) is 2. The third-order valence-electron chi connectivity index (χ3n) is 24.5. The molecule has 2 saturated heterocycles. The molecule has 9 aliphatic rings. The lowest BCUT2D eigenvalue weighted by Crippen LogP contribution is -2.72. The van der Waals surface area contributed by atoms with E-state index in [0.29, 0.717) is 108 Å². The van der Waals surface area contributed by atoms with Crippen molar-refractivity contribution < 1.29 is 39.5 Å². The Bertz CT molecular complexity index is 2840. The van der Waals surface area contributed by atoms with Crippen LogP contribution < -0.4 is 10.6 Å². The number of carbonyl (C=O) groups is 2. The zero-order valence-corrected chi connectivity index (χ0v) is 48.2. The van der Waals surface area contributed by atoms with E-state index in [2.05, 4.69) is 92.4 Å². The Labute approximate surface area is 458 Å². The molecule has 1 aromatic carbocycles. The number of aryl methyl sites for hydroxylation is 1. The molecule has 6 aliphatic carbocycles. The van der Waals surface area contributed by atoms with Crippen molar-refractivity contribution in [3.8, 4) is 0 Å². The Morgan fingerprint density at radius 1 is 0.883 bits per heavy atom. The summed E-state index contributed by atoms with van der Waals surface area (Å²) in [6.45, 7) is 18.9. The van der Waals surface area contributed by atoms with E-state index in [0.717, 1.165) is 66.5 Å². The van der Waals surface area contributed by atoms with Crippen molar-refractivity contribution in [2.24, 2.45) is 56.2 Å². The van der Waals surface area contributed by atoms with Crippen LogP contribution >= 0.6 is 0 Å². The fraction of sp³-hybridized carbons (Fsp3) is 0.754. The monoisotopic (exact) mass is 1060 g/mol. The molecule has 5 heterocycles. The summed E-state index contributed by atoms with van der Waals surface area (Å²) in [7, 11) is 4.02. The first kappa shape index (κ1) is 54.4. The predicted molar refractivity (Wildman–Crippen MR) is 299 cm³/mol. The SMILES string of the molecule is CNCCC1(C)C(=O)CC2(CCC(O)C2)C2(C)C1CCC1(C)C2C(O)C2Cn3cc(Cc4cc(C5CCCCC5CNC)cc(C5(O)CCOCC5)c4)c4[nH]cc(c43)CCC(C)(CC(O)C3OC3(C)C)C3=C2C1(C)CC3=O. The summed E-state index contributed by atoms with van der Waals surface area (Å²) in [4.78, 5) is 34.5. The lowest BCUT2D eigenvalue weighted by atomic mass is 9.30. The van der Waals surface area contributed by atoms with Gasteiger partial charge in [0.2, 0.25) is 0 Å². The lowest BCUT2D eigenvalue weighted by molar-refractivity contribution is -0.262. The molecule has 15 atom stereocenters. The number of epoxide rings is 1. The summed E-state index contributed by atoms with van der Waals surface area (Å²) in [5.41, 5.74) is 5.08. The summed E-state index contributed by atoms with van der Waals surface area (Å²) in [5.74, 6) is 0.637. The molecule has 2 aromatic heterocycles. The van der Waals surface area contributed by atoms with Crippen LogP contribution in [0.25, 0.3) is 11.0 Å². The molecule has 422 valence electrons. The number of allylic oxidation sites excluding steroid dienone is 1. The Morgan fingerprint density at radius 3 is 2.34 bits per heavy atom. The summed E-state index contributed by atoms with van der Waals surface area (Å²) >= 11 is 0. The fourth-order valence-corrected chi connectivity index (χ4v) is 20.3. The Hall–Kier alpha value is -3.20. The first-order valence-corrected chi connectivity index (χ1v) is 30.5. The number of aromatic nitrogens is 2. The number of nitrogens with one attached hydrogen (secondary N) is 3. The highest BCUT2D eigenvalue weighted by molar-refractivity contribution is 6.02. The van der Waals surface area contributed by atoms with Gasteiger partial charge in [-0.2, -0.15) is 0 Å². The van der Waals surface area contributed by atoms with E-state index in [1.807, 2.05) is 20.9 Å². The van der Waals surface area contributed by atoms with Gasteiger partial charge in [0.05, 0.1) is 40.5 Å². The first-order valence-electron chi connectivity index (χ1n) is 30.5. The predicted octanol–water partition coefficient (Wildman–Crippen LogP) is 9.36. The first-order chi connectivity index (χ1) is 36.5. The number of hydrogen-bond acceptors (Lipinski definition) is 10. The number of nitrogens with zero attached hydrogens (tertiary/aromatic N) is 1. The van der Waals surface area contributed by atoms with Crippen molar-refractivity contribution in [3.63, 3.8) is 0 Å². The van der Waals surface area contributed by atoms with Gasteiger partial charge in [-0.05, 0) is 190 Å². The van der Waals surface area contributed by atoms with E-state index in [-0.39, 0.29) is 23.7 Å². The van der Waals surface area contributed by atoms with Crippen molar-refractivity contribution in [2.45, 2.75) is 212 Å². The minimum absolute atomic E-state index is 0.0155. The molecule has 7 N–H and O–H groups in total. The Balaban J connectivity index is 1.02. The number of aromatic amines is 1. The second-order valence-corrected chi connectivity index (χ2v) is 28.9. The molecule has 3 aliphatic heterocycles. The third-order valence-corrected chi connectivity index (χ3v) is 24.5. The second-order valence-electron chi connectivity index (χ2n) is 28.9. The number of carbonyl (C=O) groups excluding carboxylic acids is 2. The van der Waals surface area contributed by atoms with E-state index in [4.69, 9.17) is 9.47 Å². The molecular formula is C65H94N4O8. The van der Waals surface area contributed by atoms with Gasteiger partial charge in [-0.15, -0.1) is 0 Å². The van der Waals surface area contributed by atoms with Gasteiger partial charge in [0.25, 0.3) is 0 Å². The van der Waals surface area contributed by atoms with Crippen LogP contribution in [0.15, 0.2) is 41.7 Å². The Kier molecular flexibility index (Phi) is 13.4. The molecule has 1 spiro atoms. The van der Waals surface area contributed by atoms with Gasteiger partial charge in [-0.1, -0.05) is 65.7 Å². The van der Waals surface area contributed by atoms with Crippen LogP contribution in [0.5, 0.6) is 0 Å². The summed E-state index contributed by atoms with van der Waals surface area (Å²) < 4.78 is 14.4. The molecule has 12 heteroatoms. The minimum Gasteiger partial charge on any atom is -0.393 e. The maximum atomic E-state index is 15.8. The number of rotatable bonds is 12.